The maximum Gasteiger partial charge on any atom is 0.227 e. The molecule has 33 heavy (non-hydrogen) atoms. The van der Waals surface area contributed by atoms with Crippen molar-refractivity contribution < 1.29 is 13.5 Å². The molecule has 0 aliphatic carbocycles. The second kappa shape index (κ2) is 9.74. The summed E-state index contributed by atoms with van der Waals surface area (Å²) in [5.74, 6) is 0.268. The Bertz CT molecular complexity index is 956. The highest BCUT2D eigenvalue weighted by Crippen LogP contribution is 2.30. The summed E-state index contributed by atoms with van der Waals surface area (Å²) in [4.78, 5) is 17.7. The van der Waals surface area contributed by atoms with Crippen LogP contribution in [0.15, 0.2) is 24.3 Å². The minimum absolute atomic E-state index is 0.217. The molecule has 1 aromatic heterocycles. The van der Waals surface area contributed by atoms with Gasteiger partial charge in [0.15, 0.2) is 11.6 Å². The van der Waals surface area contributed by atoms with Crippen molar-refractivity contribution in [2.75, 3.05) is 93.8 Å². The van der Waals surface area contributed by atoms with E-state index in [0.717, 1.165) is 19.6 Å². The van der Waals surface area contributed by atoms with E-state index in [-0.39, 0.29) is 11.6 Å². The van der Waals surface area contributed by atoms with Gasteiger partial charge in [0.1, 0.15) is 17.6 Å². The Morgan fingerprint density at radius 2 is 1.61 bits per heavy atom. The predicted octanol–water partition coefficient (Wildman–Crippen LogP) is 1.49. The van der Waals surface area contributed by atoms with Crippen LogP contribution in [0.3, 0.4) is 0 Å². The molecule has 178 valence electrons. The lowest BCUT2D eigenvalue weighted by Crippen LogP contribution is -2.48. The zero-order valence-electron chi connectivity index (χ0n) is 19.0. The second-order valence-electron chi connectivity index (χ2n) is 8.83. The average Bonchev–Trinajstić information content (AvgIpc) is 2.86. The molecule has 4 heterocycles. The number of para-hydroxylation sites is 1. The quantitative estimate of drug-likeness (QED) is 0.738. The number of anilines is 3. The van der Waals surface area contributed by atoms with Gasteiger partial charge >= 0.3 is 0 Å². The van der Waals surface area contributed by atoms with Crippen LogP contribution in [-0.4, -0.2) is 94.0 Å². The van der Waals surface area contributed by atoms with Crippen molar-refractivity contribution in [3.63, 3.8) is 0 Å². The number of nitrogens with zero attached hydrogens (tertiary/aromatic N) is 6. The van der Waals surface area contributed by atoms with E-state index >= 15 is 4.39 Å². The van der Waals surface area contributed by atoms with Gasteiger partial charge in [-0.25, -0.2) is 13.8 Å². The third-order valence-corrected chi connectivity index (χ3v) is 6.64. The Morgan fingerprint density at radius 3 is 2.30 bits per heavy atom. The first-order valence-corrected chi connectivity index (χ1v) is 11.7. The van der Waals surface area contributed by atoms with E-state index in [9.17, 15) is 4.39 Å². The number of benzene rings is 1. The Balaban J connectivity index is 1.40. The average molecular weight is 460 g/mol. The molecule has 1 aromatic carbocycles. The van der Waals surface area contributed by atoms with Crippen LogP contribution in [0.4, 0.5) is 26.2 Å². The smallest absolute Gasteiger partial charge is 0.227 e. The predicted molar refractivity (Wildman–Crippen MR) is 124 cm³/mol. The third kappa shape index (κ3) is 4.73. The molecule has 1 N–H and O–H groups in total. The largest absolute Gasteiger partial charge is 0.369 e. The number of piperazine rings is 2. The summed E-state index contributed by atoms with van der Waals surface area (Å²) in [6, 6.07) is 6.83. The number of rotatable bonds is 4. The molecule has 3 saturated heterocycles. The molecule has 0 spiro atoms. The van der Waals surface area contributed by atoms with Crippen molar-refractivity contribution in [1.29, 1.82) is 0 Å². The van der Waals surface area contributed by atoms with Gasteiger partial charge in [-0.3, -0.25) is 0 Å². The lowest BCUT2D eigenvalue weighted by atomic mass is 10.2. The molecule has 8 nitrogen and oxygen atoms in total. The lowest BCUT2D eigenvalue weighted by Gasteiger charge is -2.38. The van der Waals surface area contributed by atoms with Crippen LogP contribution in [0.1, 0.15) is 11.8 Å². The van der Waals surface area contributed by atoms with E-state index in [4.69, 9.17) is 9.72 Å². The Morgan fingerprint density at radius 1 is 0.909 bits per heavy atom. The van der Waals surface area contributed by atoms with E-state index < -0.39 is 6.10 Å². The van der Waals surface area contributed by atoms with Crippen LogP contribution in [0.25, 0.3) is 0 Å². The van der Waals surface area contributed by atoms with Gasteiger partial charge in [0, 0.05) is 65.4 Å². The summed E-state index contributed by atoms with van der Waals surface area (Å²) < 4.78 is 35.7. The topological polar surface area (TPSA) is 60.0 Å². The summed E-state index contributed by atoms with van der Waals surface area (Å²) in [5, 5.41) is 3.27. The van der Waals surface area contributed by atoms with E-state index in [1.54, 1.807) is 12.1 Å². The first-order valence-electron chi connectivity index (χ1n) is 11.7. The van der Waals surface area contributed by atoms with Gasteiger partial charge in [-0.15, -0.1) is 0 Å². The van der Waals surface area contributed by atoms with Gasteiger partial charge in [0.2, 0.25) is 5.95 Å². The molecule has 3 fully saturated rings. The molecular weight excluding hydrogens is 428 g/mol. The summed E-state index contributed by atoms with van der Waals surface area (Å²) in [6.45, 7) is 7.49. The molecule has 10 heteroatoms. The lowest BCUT2D eigenvalue weighted by molar-refractivity contribution is 0.0226. The van der Waals surface area contributed by atoms with Crippen molar-refractivity contribution in [2.24, 2.45) is 0 Å². The highest BCUT2D eigenvalue weighted by atomic mass is 19.1. The number of hydrogen-bond acceptors (Lipinski definition) is 8. The minimum atomic E-state index is -0.439. The molecule has 3 aliphatic heterocycles. The second-order valence-corrected chi connectivity index (χ2v) is 8.83. The van der Waals surface area contributed by atoms with E-state index in [2.05, 4.69) is 27.1 Å². The van der Waals surface area contributed by atoms with Gasteiger partial charge < -0.3 is 29.7 Å². The third-order valence-electron chi connectivity index (χ3n) is 6.64. The maximum atomic E-state index is 15.7. The molecule has 2 aromatic rings. The van der Waals surface area contributed by atoms with E-state index in [0.29, 0.717) is 75.6 Å². The normalized spacial score (nSPS) is 22.6. The van der Waals surface area contributed by atoms with Crippen LogP contribution in [0, 0.1) is 11.6 Å². The zero-order chi connectivity index (χ0) is 22.8. The van der Waals surface area contributed by atoms with Gasteiger partial charge in [0.05, 0.1) is 12.3 Å². The van der Waals surface area contributed by atoms with Gasteiger partial charge in [-0.05, 0) is 19.2 Å². The number of hydrogen-bond donors (Lipinski definition) is 1. The Kier molecular flexibility index (Phi) is 6.57. The number of morpholine rings is 1. The van der Waals surface area contributed by atoms with Gasteiger partial charge in [0.25, 0.3) is 0 Å². The molecule has 3 aliphatic rings. The molecule has 0 radical (unpaired) electrons. The minimum Gasteiger partial charge on any atom is -0.369 e. The van der Waals surface area contributed by atoms with Crippen molar-refractivity contribution in [3.05, 3.63) is 41.6 Å². The van der Waals surface area contributed by atoms with Crippen LogP contribution >= 0.6 is 0 Å². The van der Waals surface area contributed by atoms with E-state index in [1.165, 1.54) is 6.07 Å². The summed E-state index contributed by atoms with van der Waals surface area (Å²) >= 11 is 0. The zero-order valence-corrected chi connectivity index (χ0v) is 19.0. The monoisotopic (exact) mass is 459 g/mol. The summed E-state index contributed by atoms with van der Waals surface area (Å²) in [7, 11) is 2.07. The molecule has 0 bridgehead atoms. The molecule has 0 saturated carbocycles. The molecule has 1 atom stereocenters. The summed E-state index contributed by atoms with van der Waals surface area (Å²) in [6.07, 6.45) is -0.439. The van der Waals surface area contributed by atoms with Crippen molar-refractivity contribution >= 4 is 17.5 Å². The number of halogens is 2. The maximum absolute atomic E-state index is 15.7. The molecule has 5 rings (SSSR count). The Labute approximate surface area is 193 Å². The first-order chi connectivity index (χ1) is 16.1. The van der Waals surface area contributed by atoms with E-state index in [1.807, 2.05) is 15.9 Å². The first kappa shape index (κ1) is 22.2. The SMILES string of the molecule is CN1CCN(c2nc(N3CCN(c4ccccc4F)CC3)nc(C3CNCCO3)c2F)CC1. The highest BCUT2D eigenvalue weighted by molar-refractivity contribution is 5.52. The number of ether oxygens (including phenoxy) is 1. The number of aromatic nitrogens is 2. The van der Waals surface area contributed by atoms with Crippen LogP contribution in [-0.2, 0) is 4.74 Å². The molecular formula is C23H31F2N7O. The van der Waals surface area contributed by atoms with Crippen molar-refractivity contribution in [2.45, 2.75) is 6.10 Å². The van der Waals surface area contributed by atoms with Crippen molar-refractivity contribution in [1.82, 2.24) is 20.2 Å². The van der Waals surface area contributed by atoms with Gasteiger partial charge in [-0.2, -0.15) is 4.98 Å². The van der Waals surface area contributed by atoms with Crippen LogP contribution < -0.4 is 20.0 Å². The fourth-order valence-electron chi connectivity index (χ4n) is 4.62. The van der Waals surface area contributed by atoms with Gasteiger partial charge in [-0.1, -0.05) is 12.1 Å². The Hall–Kier alpha value is -2.56. The van der Waals surface area contributed by atoms with Crippen LogP contribution in [0.5, 0.6) is 0 Å². The fourth-order valence-corrected chi connectivity index (χ4v) is 4.62. The fraction of sp³-hybridized carbons (Fsp3) is 0.565. The van der Waals surface area contributed by atoms with Crippen LogP contribution in [0.2, 0.25) is 0 Å². The molecule has 0 amide bonds. The van der Waals surface area contributed by atoms with Crippen molar-refractivity contribution in [3.8, 4) is 0 Å². The highest BCUT2D eigenvalue weighted by Gasteiger charge is 2.30. The number of nitrogens with one attached hydrogen (secondary N) is 1. The standard InChI is InChI=1S/C23H31F2N7O/c1-29-7-9-31(10-8-29)22-20(25)21(19-16-26-6-15-33-19)27-23(28-22)32-13-11-30(12-14-32)18-5-3-2-4-17(18)24/h2-5,19,26H,6-16H2,1H3. The molecule has 1 unspecified atom stereocenters. The summed E-state index contributed by atoms with van der Waals surface area (Å²) in [5.41, 5.74) is 0.926. The number of likely N-dealkylation sites (N-methyl/N-ethyl adjacent to an activating group) is 1.